The van der Waals surface area contributed by atoms with Crippen molar-refractivity contribution < 1.29 is 9.84 Å². The van der Waals surface area contributed by atoms with E-state index in [9.17, 15) is 5.11 Å². The van der Waals surface area contributed by atoms with Crippen LogP contribution in [0.15, 0.2) is 48.5 Å². The summed E-state index contributed by atoms with van der Waals surface area (Å²) in [6, 6.07) is 16.3. The normalized spacial score (nSPS) is 18.6. The van der Waals surface area contributed by atoms with E-state index in [4.69, 9.17) is 4.74 Å². The third-order valence-electron chi connectivity index (χ3n) is 4.07. The number of fused-ring (bicyclic) bond motifs is 1. The number of aliphatic hydroxyl groups is 1. The average Bonchev–Trinajstić information content (AvgIpc) is 2.91. The molecule has 1 aliphatic carbocycles. The van der Waals surface area contributed by atoms with E-state index >= 15 is 0 Å². The second-order valence-electron chi connectivity index (χ2n) is 5.29. The van der Waals surface area contributed by atoms with Crippen molar-refractivity contribution in [1.82, 2.24) is 0 Å². The summed E-state index contributed by atoms with van der Waals surface area (Å²) in [7, 11) is 0. The largest absolute Gasteiger partial charge is 0.494 e. The van der Waals surface area contributed by atoms with E-state index in [0.29, 0.717) is 6.61 Å². The number of aliphatic hydroxyl groups excluding tert-OH is 1. The average molecular weight is 268 g/mol. The number of rotatable bonds is 4. The maximum absolute atomic E-state index is 10.7. The first-order valence-electron chi connectivity index (χ1n) is 7.28. The molecule has 2 heteroatoms. The van der Waals surface area contributed by atoms with Crippen molar-refractivity contribution >= 4 is 0 Å². The molecule has 1 aliphatic rings. The van der Waals surface area contributed by atoms with Gasteiger partial charge in [-0.2, -0.15) is 0 Å². The quantitative estimate of drug-likeness (QED) is 0.912. The number of benzene rings is 2. The first-order valence-corrected chi connectivity index (χ1v) is 7.28. The summed E-state index contributed by atoms with van der Waals surface area (Å²) in [5, 5.41) is 10.7. The highest BCUT2D eigenvalue weighted by Crippen LogP contribution is 2.41. The van der Waals surface area contributed by atoms with Crippen LogP contribution in [0.3, 0.4) is 0 Å². The number of ether oxygens (including phenoxy) is 1. The molecule has 2 aromatic rings. The topological polar surface area (TPSA) is 29.5 Å². The molecule has 0 saturated carbocycles. The van der Waals surface area contributed by atoms with Gasteiger partial charge in [-0.3, -0.25) is 0 Å². The summed E-state index contributed by atoms with van der Waals surface area (Å²) < 4.78 is 5.52. The molecule has 2 unspecified atom stereocenters. The highest BCUT2D eigenvalue weighted by molar-refractivity contribution is 5.39. The molecule has 1 N–H and O–H groups in total. The minimum absolute atomic E-state index is 0.197. The van der Waals surface area contributed by atoms with Crippen LogP contribution in [0.25, 0.3) is 0 Å². The number of hydrogen-bond donors (Lipinski definition) is 1. The lowest BCUT2D eigenvalue weighted by molar-refractivity contribution is 0.144. The maximum atomic E-state index is 10.7. The molecular formula is C18H20O2. The Balaban J connectivity index is 1.86. The van der Waals surface area contributed by atoms with Gasteiger partial charge in [-0.25, -0.2) is 0 Å². The van der Waals surface area contributed by atoms with E-state index in [1.165, 1.54) is 11.1 Å². The Labute approximate surface area is 120 Å². The van der Waals surface area contributed by atoms with Crippen molar-refractivity contribution in [2.45, 2.75) is 31.8 Å². The molecule has 0 heterocycles. The van der Waals surface area contributed by atoms with Crippen LogP contribution in [0, 0.1) is 0 Å². The molecule has 0 fully saturated rings. The Morgan fingerprint density at radius 3 is 2.90 bits per heavy atom. The van der Waals surface area contributed by atoms with Gasteiger partial charge < -0.3 is 9.84 Å². The van der Waals surface area contributed by atoms with Crippen LogP contribution >= 0.6 is 0 Å². The molecule has 0 aliphatic heterocycles. The maximum Gasteiger partial charge on any atom is 0.119 e. The van der Waals surface area contributed by atoms with Gasteiger partial charge >= 0.3 is 0 Å². The summed E-state index contributed by atoms with van der Waals surface area (Å²) in [5.74, 6) is 1.03. The lowest BCUT2D eigenvalue weighted by Crippen LogP contribution is -2.08. The Morgan fingerprint density at radius 1 is 1.20 bits per heavy atom. The van der Waals surface area contributed by atoms with Crippen molar-refractivity contribution in [2.75, 3.05) is 6.61 Å². The summed E-state index contributed by atoms with van der Waals surface area (Å²) in [5.41, 5.74) is 3.61. The van der Waals surface area contributed by atoms with Gasteiger partial charge in [0.25, 0.3) is 0 Å². The van der Waals surface area contributed by atoms with Crippen LogP contribution in [-0.2, 0) is 6.42 Å². The Morgan fingerprint density at radius 2 is 2.05 bits per heavy atom. The molecule has 0 saturated heterocycles. The van der Waals surface area contributed by atoms with Crippen molar-refractivity contribution in [3.8, 4) is 5.75 Å². The van der Waals surface area contributed by atoms with Gasteiger partial charge in [-0.05, 0) is 48.6 Å². The SMILES string of the molecule is CCOc1cccc(C(O)C2CCc3ccccc32)c1. The van der Waals surface area contributed by atoms with E-state index < -0.39 is 6.10 Å². The summed E-state index contributed by atoms with van der Waals surface area (Å²) in [4.78, 5) is 0. The zero-order chi connectivity index (χ0) is 13.9. The van der Waals surface area contributed by atoms with Crippen molar-refractivity contribution in [3.63, 3.8) is 0 Å². The molecule has 104 valence electrons. The van der Waals surface area contributed by atoms with Gasteiger partial charge in [0.1, 0.15) is 5.75 Å². The van der Waals surface area contributed by atoms with Gasteiger partial charge in [0, 0.05) is 5.92 Å². The van der Waals surface area contributed by atoms with Crippen LogP contribution in [-0.4, -0.2) is 11.7 Å². The molecule has 0 amide bonds. The first kappa shape index (κ1) is 13.2. The minimum atomic E-state index is -0.459. The molecule has 3 rings (SSSR count). The third-order valence-corrected chi connectivity index (χ3v) is 4.07. The highest BCUT2D eigenvalue weighted by atomic mass is 16.5. The van der Waals surface area contributed by atoms with Gasteiger partial charge in [-0.1, -0.05) is 36.4 Å². The Hall–Kier alpha value is -1.80. The monoisotopic (exact) mass is 268 g/mol. The second kappa shape index (κ2) is 5.68. The molecule has 0 radical (unpaired) electrons. The smallest absolute Gasteiger partial charge is 0.119 e. The number of hydrogen-bond acceptors (Lipinski definition) is 2. The Kier molecular flexibility index (Phi) is 3.75. The highest BCUT2D eigenvalue weighted by Gasteiger charge is 2.29. The van der Waals surface area contributed by atoms with E-state index in [1.54, 1.807) is 0 Å². The zero-order valence-corrected chi connectivity index (χ0v) is 11.8. The Bertz CT molecular complexity index is 591. The van der Waals surface area contributed by atoms with Crippen LogP contribution < -0.4 is 4.74 Å². The molecule has 20 heavy (non-hydrogen) atoms. The molecule has 0 bridgehead atoms. The summed E-state index contributed by atoms with van der Waals surface area (Å²) in [6.07, 6.45) is 1.61. The van der Waals surface area contributed by atoms with Crippen molar-refractivity contribution in [1.29, 1.82) is 0 Å². The molecule has 2 aromatic carbocycles. The predicted molar refractivity (Wildman–Crippen MR) is 80.1 cm³/mol. The summed E-state index contributed by atoms with van der Waals surface area (Å²) in [6.45, 7) is 2.61. The molecule has 2 atom stereocenters. The van der Waals surface area contributed by atoms with E-state index in [-0.39, 0.29) is 5.92 Å². The van der Waals surface area contributed by atoms with E-state index in [2.05, 4.69) is 24.3 Å². The fourth-order valence-electron chi connectivity index (χ4n) is 3.11. The fourth-order valence-corrected chi connectivity index (χ4v) is 3.11. The fraction of sp³-hybridized carbons (Fsp3) is 0.333. The van der Waals surface area contributed by atoms with Crippen molar-refractivity contribution in [3.05, 3.63) is 65.2 Å². The van der Waals surface area contributed by atoms with Gasteiger partial charge in [0.05, 0.1) is 12.7 Å². The third kappa shape index (κ3) is 2.44. The standard InChI is InChI=1S/C18H20O2/c1-2-20-15-8-5-7-14(12-15)18(19)17-11-10-13-6-3-4-9-16(13)17/h3-9,12,17-19H,2,10-11H2,1H3. The van der Waals surface area contributed by atoms with Crippen LogP contribution in [0.2, 0.25) is 0 Å². The predicted octanol–water partition coefficient (Wildman–Crippen LogP) is 3.85. The van der Waals surface area contributed by atoms with Gasteiger partial charge in [-0.15, -0.1) is 0 Å². The zero-order valence-electron chi connectivity index (χ0n) is 11.8. The van der Waals surface area contributed by atoms with Gasteiger partial charge in [0.2, 0.25) is 0 Å². The van der Waals surface area contributed by atoms with Crippen LogP contribution in [0.5, 0.6) is 5.75 Å². The van der Waals surface area contributed by atoms with E-state index in [0.717, 1.165) is 24.2 Å². The molecule has 0 aromatic heterocycles. The molecule has 0 spiro atoms. The molecule has 2 nitrogen and oxygen atoms in total. The minimum Gasteiger partial charge on any atom is -0.494 e. The summed E-state index contributed by atoms with van der Waals surface area (Å²) >= 11 is 0. The second-order valence-corrected chi connectivity index (χ2v) is 5.29. The first-order chi connectivity index (χ1) is 9.79. The molecular weight excluding hydrogens is 248 g/mol. The van der Waals surface area contributed by atoms with Gasteiger partial charge in [0.15, 0.2) is 0 Å². The van der Waals surface area contributed by atoms with Crippen LogP contribution in [0.4, 0.5) is 0 Å². The lowest BCUT2D eigenvalue weighted by atomic mass is 9.90. The van der Waals surface area contributed by atoms with E-state index in [1.807, 2.05) is 31.2 Å². The number of aryl methyl sites for hydroxylation is 1. The van der Waals surface area contributed by atoms with Crippen LogP contribution in [0.1, 0.15) is 42.1 Å². The van der Waals surface area contributed by atoms with Crippen molar-refractivity contribution in [2.24, 2.45) is 0 Å². The lowest BCUT2D eigenvalue weighted by Gasteiger charge is -2.20.